The summed E-state index contributed by atoms with van der Waals surface area (Å²) in [7, 11) is 0. The Morgan fingerprint density at radius 3 is 0.756 bits per heavy atom. The van der Waals surface area contributed by atoms with E-state index in [1.807, 2.05) is 0 Å². The fourth-order valence-corrected chi connectivity index (χ4v) is 10.6. The van der Waals surface area contributed by atoms with Crippen LogP contribution in [0.15, 0.2) is 72.9 Å². The van der Waals surface area contributed by atoms with Gasteiger partial charge in [0.2, 0.25) is 0 Å². The largest absolute Gasteiger partial charge is 0.462 e. The van der Waals surface area contributed by atoms with Crippen LogP contribution >= 0.6 is 0 Å². The Hall–Kier alpha value is -3.15. The van der Waals surface area contributed by atoms with Gasteiger partial charge in [-0.05, 0) is 89.9 Å². The number of allylic oxidation sites excluding steroid dienone is 12. The van der Waals surface area contributed by atoms with Crippen LogP contribution in [-0.4, -0.2) is 37.2 Å². The summed E-state index contributed by atoms with van der Waals surface area (Å²) in [6.07, 6.45) is 92.4. The summed E-state index contributed by atoms with van der Waals surface area (Å²) in [5, 5.41) is 0. The lowest BCUT2D eigenvalue weighted by Crippen LogP contribution is -2.30. The molecule has 0 spiro atoms. The lowest BCUT2D eigenvalue weighted by molar-refractivity contribution is -0.167. The third kappa shape index (κ3) is 67.6. The first kappa shape index (κ1) is 78.8. The molecule has 82 heavy (non-hydrogen) atoms. The molecule has 0 aromatic rings. The number of hydrogen-bond acceptors (Lipinski definition) is 6. The van der Waals surface area contributed by atoms with Gasteiger partial charge in [0.05, 0.1) is 0 Å². The maximum Gasteiger partial charge on any atom is 0.306 e. The van der Waals surface area contributed by atoms with Crippen molar-refractivity contribution in [3.8, 4) is 0 Å². The van der Waals surface area contributed by atoms with E-state index < -0.39 is 6.10 Å². The van der Waals surface area contributed by atoms with Crippen LogP contribution in [0.5, 0.6) is 0 Å². The number of unbranched alkanes of at least 4 members (excludes halogenated alkanes) is 43. The Kier molecular flexibility index (Phi) is 67.6. The average Bonchev–Trinajstić information content (AvgIpc) is 3.47. The Bertz CT molecular complexity index is 1500. The minimum Gasteiger partial charge on any atom is -0.462 e. The van der Waals surface area contributed by atoms with Gasteiger partial charge in [0.25, 0.3) is 0 Å². The second-order valence-electron chi connectivity index (χ2n) is 24.1. The first-order valence-corrected chi connectivity index (χ1v) is 35.9. The molecule has 0 radical (unpaired) electrons. The van der Waals surface area contributed by atoms with Crippen molar-refractivity contribution in [2.75, 3.05) is 13.2 Å². The van der Waals surface area contributed by atoms with E-state index in [9.17, 15) is 14.4 Å². The minimum absolute atomic E-state index is 0.0700. The van der Waals surface area contributed by atoms with Gasteiger partial charge < -0.3 is 14.2 Å². The second kappa shape index (κ2) is 70.3. The Balaban J connectivity index is 4.07. The molecule has 0 aliphatic carbocycles. The zero-order valence-corrected chi connectivity index (χ0v) is 54.8. The van der Waals surface area contributed by atoms with E-state index >= 15 is 0 Å². The fraction of sp³-hybridized carbons (Fsp3) is 0.803. The van der Waals surface area contributed by atoms with Crippen molar-refractivity contribution in [3.05, 3.63) is 72.9 Å². The Labute approximate surface area is 510 Å². The third-order valence-corrected chi connectivity index (χ3v) is 15.9. The summed E-state index contributed by atoms with van der Waals surface area (Å²) in [4.78, 5) is 38.3. The molecule has 0 fully saturated rings. The van der Waals surface area contributed by atoms with Gasteiger partial charge in [-0.2, -0.15) is 0 Å². The van der Waals surface area contributed by atoms with Crippen LogP contribution in [0.2, 0.25) is 0 Å². The summed E-state index contributed by atoms with van der Waals surface area (Å²) in [5.41, 5.74) is 0. The van der Waals surface area contributed by atoms with Crippen molar-refractivity contribution in [1.29, 1.82) is 0 Å². The zero-order chi connectivity index (χ0) is 59.2. The van der Waals surface area contributed by atoms with E-state index in [2.05, 4.69) is 93.7 Å². The van der Waals surface area contributed by atoms with Crippen molar-refractivity contribution in [2.24, 2.45) is 0 Å². The molecule has 0 aromatic heterocycles. The van der Waals surface area contributed by atoms with Crippen LogP contribution < -0.4 is 0 Å². The van der Waals surface area contributed by atoms with Crippen molar-refractivity contribution in [1.82, 2.24) is 0 Å². The summed E-state index contributed by atoms with van der Waals surface area (Å²) < 4.78 is 16.9. The molecule has 0 aliphatic rings. The van der Waals surface area contributed by atoms with Crippen molar-refractivity contribution >= 4 is 17.9 Å². The second-order valence-corrected chi connectivity index (χ2v) is 24.1. The highest BCUT2D eigenvalue weighted by molar-refractivity contribution is 5.71. The number of rotatable bonds is 66. The standard InChI is InChI=1S/C76H136O6/c1-4-7-10-13-16-19-21-23-25-27-29-31-33-35-36-37-38-39-40-42-43-45-47-49-51-53-55-57-60-63-66-69-75(78)81-72-73(71-80-74(77)68-65-62-59-18-15-12-9-6-3)82-76(79)70-67-64-61-58-56-54-52-50-48-46-44-41-34-32-30-28-26-24-22-20-17-14-11-8-5-2/h7,10,16,19,23,25,28-31,35-36,73H,4-6,8-9,11-15,17-18,20-22,24,26-27,32-34,37-72H2,1-3H3/b10-7-,19-16-,25-23-,30-28-,31-29-,36-35-. The highest BCUT2D eigenvalue weighted by atomic mass is 16.6. The molecule has 0 rings (SSSR count). The third-order valence-electron chi connectivity index (χ3n) is 15.9. The molecule has 0 saturated heterocycles. The van der Waals surface area contributed by atoms with Gasteiger partial charge in [0.1, 0.15) is 13.2 Å². The van der Waals surface area contributed by atoms with E-state index in [-0.39, 0.29) is 31.1 Å². The van der Waals surface area contributed by atoms with E-state index in [1.54, 1.807) is 0 Å². The molecular formula is C76H136O6. The lowest BCUT2D eigenvalue weighted by Gasteiger charge is -2.18. The predicted octanol–water partition coefficient (Wildman–Crippen LogP) is 24.8. The van der Waals surface area contributed by atoms with E-state index in [4.69, 9.17) is 14.2 Å². The van der Waals surface area contributed by atoms with Gasteiger partial charge in [-0.1, -0.05) is 338 Å². The number of hydrogen-bond donors (Lipinski definition) is 0. The molecule has 0 aromatic carbocycles. The van der Waals surface area contributed by atoms with Crippen molar-refractivity contribution in [2.45, 2.75) is 380 Å². The van der Waals surface area contributed by atoms with Gasteiger partial charge in [0.15, 0.2) is 6.10 Å². The number of ether oxygens (including phenoxy) is 3. The quantitative estimate of drug-likeness (QED) is 0.0261. The molecular weight excluding hydrogens is 1010 g/mol. The van der Waals surface area contributed by atoms with E-state index in [0.717, 1.165) is 89.9 Å². The summed E-state index contributed by atoms with van der Waals surface area (Å²) >= 11 is 0. The monoisotopic (exact) mass is 1150 g/mol. The molecule has 0 heterocycles. The van der Waals surface area contributed by atoms with Crippen LogP contribution in [0.3, 0.4) is 0 Å². The van der Waals surface area contributed by atoms with Crippen LogP contribution in [-0.2, 0) is 28.6 Å². The molecule has 1 atom stereocenters. The molecule has 1 unspecified atom stereocenters. The van der Waals surface area contributed by atoms with Crippen LogP contribution in [0, 0.1) is 0 Å². The molecule has 0 saturated carbocycles. The Morgan fingerprint density at radius 2 is 0.476 bits per heavy atom. The molecule has 6 nitrogen and oxygen atoms in total. The first-order valence-electron chi connectivity index (χ1n) is 35.9. The van der Waals surface area contributed by atoms with E-state index in [1.165, 1.54) is 244 Å². The average molecular weight is 1150 g/mol. The van der Waals surface area contributed by atoms with E-state index in [0.29, 0.717) is 19.3 Å². The zero-order valence-electron chi connectivity index (χ0n) is 54.8. The van der Waals surface area contributed by atoms with Gasteiger partial charge in [-0.3, -0.25) is 14.4 Å². The molecule has 0 aliphatic heterocycles. The highest BCUT2D eigenvalue weighted by Gasteiger charge is 2.19. The number of carbonyl (C=O) groups excluding carboxylic acids is 3. The predicted molar refractivity (Wildman–Crippen MR) is 358 cm³/mol. The molecule has 0 bridgehead atoms. The molecule has 6 heteroatoms. The van der Waals surface area contributed by atoms with Gasteiger partial charge in [-0.25, -0.2) is 0 Å². The van der Waals surface area contributed by atoms with Crippen LogP contribution in [0.4, 0.5) is 0 Å². The van der Waals surface area contributed by atoms with Gasteiger partial charge in [-0.15, -0.1) is 0 Å². The normalized spacial score (nSPS) is 12.5. The van der Waals surface area contributed by atoms with Crippen molar-refractivity contribution < 1.29 is 28.6 Å². The van der Waals surface area contributed by atoms with Crippen molar-refractivity contribution in [3.63, 3.8) is 0 Å². The topological polar surface area (TPSA) is 78.9 Å². The SMILES string of the molecule is CC/C=C\C/C=C\C/C=C\C/C=C\C/C=C\CCCCCCCCCCCCCCCCCC(=O)OCC(COC(=O)CCCCCCCCCC)OC(=O)CCCCCCCCCCCCCCC/C=C\CCCCCCCCCC. The highest BCUT2D eigenvalue weighted by Crippen LogP contribution is 2.18. The lowest BCUT2D eigenvalue weighted by atomic mass is 10.0. The fourth-order valence-electron chi connectivity index (χ4n) is 10.6. The Morgan fingerprint density at radius 1 is 0.256 bits per heavy atom. The summed E-state index contributed by atoms with van der Waals surface area (Å²) in [5.74, 6) is -0.853. The molecule has 0 amide bonds. The number of esters is 3. The summed E-state index contributed by atoms with van der Waals surface area (Å²) in [6.45, 7) is 6.55. The molecule has 476 valence electrons. The van der Waals surface area contributed by atoms with Gasteiger partial charge >= 0.3 is 17.9 Å². The van der Waals surface area contributed by atoms with Crippen LogP contribution in [0.1, 0.15) is 374 Å². The maximum absolute atomic E-state index is 12.9. The summed E-state index contributed by atoms with van der Waals surface area (Å²) in [6, 6.07) is 0. The minimum atomic E-state index is -0.772. The maximum atomic E-state index is 12.9. The van der Waals surface area contributed by atoms with Crippen LogP contribution in [0.25, 0.3) is 0 Å². The molecule has 0 N–H and O–H groups in total. The van der Waals surface area contributed by atoms with Gasteiger partial charge in [0, 0.05) is 19.3 Å². The first-order chi connectivity index (χ1) is 40.5. The number of carbonyl (C=O) groups is 3. The smallest absolute Gasteiger partial charge is 0.306 e.